The number of hydrogen-bond donors (Lipinski definition) is 1. The van der Waals surface area contributed by atoms with Gasteiger partial charge in [0.15, 0.2) is 0 Å². The van der Waals surface area contributed by atoms with Crippen molar-refractivity contribution in [2.75, 3.05) is 13.2 Å². The van der Waals surface area contributed by atoms with Crippen LogP contribution in [0.15, 0.2) is 0 Å². The Bertz CT molecular complexity index is 702. The van der Waals surface area contributed by atoms with Crippen LogP contribution < -0.4 is 5.32 Å². The van der Waals surface area contributed by atoms with E-state index in [1.165, 1.54) is 12.1 Å². The second-order valence-corrected chi connectivity index (χ2v) is 9.68. The Hall–Kier alpha value is -1.47. The highest BCUT2D eigenvalue weighted by molar-refractivity contribution is 5.78. The summed E-state index contributed by atoms with van der Waals surface area (Å²) in [5.41, 5.74) is 1.64. The first-order chi connectivity index (χ1) is 13.7. The molecule has 0 spiro atoms. The Morgan fingerprint density at radius 3 is 2.79 bits per heavy atom. The van der Waals surface area contributed by atoms with Crippen LogP contribution in [0.25, 0.3) is 0 Å². The van der Waals surface area contributed by atoms with Crippen LogP contribution in [0.1, 0.15) is 90.6 Å². The average Bonchev–Trinajstić information content (AvgIpc) is 3.05. The van der Waals surface area contributed by atoms with Gasteiger partial charge in [0, 0.05) is 6.54 Å². The highest BCUT2D eigenvalue weighted by Gasteiger charge is 2.48. The smallest absolute Gasteiger partial charge is 0.246 e. The fourth-order valence-corrected chi connectivity index (χ4v) is 4.06. The lowest BCUT2D eigenvalue weighted by Gasteiger charge is -2.28. The number of amides is 1. The zero-order valence-electron chi connectivity index (χ0n) is 18.8. The molecule has 1 amide bonds. The number of carbonyl (C=O) groups excluding carboxylic acids is 1. The van der Waals surface area contributed by atoms with Gasteiger partial charge in [0.25, 0.3) is 0 Å². The summed E-state index contributed by atoms with van der Waals surface area (Å²) in [7, 11) is 0. The standard InChI is InChI=1S/C22H38N4O3/c1-6-12-26-17-10-8-7-9-11-18(20(17)24-25-26)28-14-19(27)23-21(3,4)15-29-22(5)13-16(22)2/h16,18H,6-15H2,1-5H3,(H,23,27). The van der Waals surface area contributed by atoms with Crippen LogP contribution in [0.3, 0.4) is 0 Å². The monoisotopic (exact) mass is 406 g/mol. The zero-order valence-corrected chi connectivity index (χ0v) is 18.8. The van der Waals surface area contributed by atoms with Crippen LogP contribution in [0.5, 0.6) is 0 Å². The predicted molar refractivity (Wildman–Crippen MR) is 112 cm³/mol. The minimum Gasteiger partial charge on any atom is -0.373 e. The van der Waals surface area contributed by atoms with Crippen molar-refractivity contribution in [1.29, 1.82) is 0 Å². The van der Waals surface area contributed by atoms with E-state index in [1.54, 1.807) is 0 Å². The summed E-state index contributed by atoms with van der Waals surface area (Å²) in [5.74, 6) is 0.476. The van der Waals surface area contributed by atoms with Crippen molar-refractivity contribution in [3.05, 3.63) is 11.4 Å². The fraction of sp³-hybridized carbons (Fsp3) is 0.864. The number of ether oxygens (including phenoxy) is 2. The molecule has 0 radical (unpaired) electrons. The van der Waals surface area contributed by atoms with Crippen LogP contribution in [0, 0.1) is 5.92 Å². The van der Waals surface area contributed by atoms with E-state index in [0.29, 0.717) is 12.5 Å². The van der Waals surface area contributed by atoms with Crippen LogP contribution in [-0.4, -0.2) is 45.3 Å². The molecule has 164 valence electrons. The van der Waals surface area contributed by atoms with Gasteiger partial charge in [0.2, 0.25) is 5.91 Å². The van der Waals surface area contributed by atoms with Crippen LogP contribution in [0.4, 0.5) is 0 Å². The number of fused-ring (bicyclic) bond motifs is 1. The zero-order chi connectivity index (χ0) is 21.1. The highest BCUT2D eigenvalue weighted by atomic mass is 16.5. The number of nitrogens with one attached hydrogen (secondary N) is 1. The summed E-state index contributed by atoms with van der Waals surface area (Å²) < 4.78 is 14.1. The van der Waals surface area contributed by atoms with Crippen LogP contribution in [-0.2, 0) is 27.2 Å². The van der Waals surface area contributed by atoms with Gasteiger partial charge in [-0.15, -0.1) is 5.10 Å². The van der Waals surface area contributed by atoms with Gasteiger partial charge >= 0.3 is 0 Å². The maximum Gasteiger partial charge on any atom is 0.246 e. The van der Waals surface area contributed by atoms with Crippen molar-refractivity contribution in [3.8, 4) is 0 Å². The predicted octanol–water partition coefficient (Wildman–Crippen LogP) is 3.57. The maximum atomic E-state index is 12.5. The van der Waals surface area contributed by atoms with Crippen molar-refractivity contribution >= 4 is 5.91 Å². The molecule has 0 saturated heterocycles. The second kappa shape index (κ2) is 9.13. The van der Waals surface area contributed by atoms with Crippen LogP contribution >= 0.6 is 0 Å². The Labute approximate surface area is 174 Å². The lowest BCUT2D eigenvalue weighted by molar-refractivity contribution is -0.131. The molecule has 7 heteroatoms. The van der Waals surface area contributed by atoms with Crippen molar-refractivity contribution in [3.63, 3.8) is 0 Å². The molecule has 0 aromatic carbocycles. The van der Waals surface area contributed by atoms with Gasteiger partial charge in [-0.2, -0.15) is 0 Å². The second-order valence-electron chi connectivity index (χ2n) is 9.68. The largest absolute Gasteiger partial charge is 0.373 e. The SMILES string of the molecule is CCCn1nnc2c1CCCCCC2OCC(=O)NC(C)(C)COC1(C)CC1C. The first kappa shape index (κ1) is 22.2. The van der Waals surface area contributed by atoms with E-state index >= 15 is 0 Å². The molecule has 1 N–H and O–H groups in total. The van der Waals surface area contributed by atoms with E-state index in [2.05, 4.69) is 36.4 Å². The number of carbonyl (C=O) groups is 1. The van der Waals surface area contributed by atoms with Gasteiger partial charge < -0.3 is 14.8 Å². The normalized spacial score (nSPS) is 27.1. The fourth-order valence-electron chi connectivity index (χ4n) is 4.06. The molecule has 1 aromatic heterocycles. The van der Waals surface area contributed by atoms with Gasteiger partial charge in [-0.25, -0.2) is 4.68 Å². The lowest BCUT2D eigenvalue weighted by atomic mass is 9.99. The molecule has 1 aromatic rings. The minimum atomic E-state index is -0.428. The molecule has 3 rings (SSSR count). The lowest BCUT2D eigenvalue weighted by Crippen LogP contribution is -2.49. The summed E-state index contributed by atoms with van der Waals surface area (Å²) in [6, 6.07) is 0. The third-order valence-corrected chi connectivity index (χ3v) is 6.24. The molecule has 2 aliphatic carbocycles. The maximum absolute atomic E-state index is 12.5. The highest BCUT2D eigenvalue weighted by Crippen LogP contribution is 2.46. The molecule has 0 aliphatic heterocycles. The quantitative estimate of drug-likeness (QED) is 0.678. The van der Waals surface area contributed by atoms with Gasteiger partial charge in [-0.1, -0.05) is 31.9 Å². The molecule has 29 heavy (non-hydrogen) atoms. The first-order valence-electron chi connectivity index (χ1n) is 11.2. The molecule has 1 fully saturated rings. The molecule has 3 atom stereocenters. The van der Waals surface area contributed by atoms with Crippen molar-refractivity contribution in [2.24, 2.45) is 5.92 Å². The first-order valence-corrected chi connectivity index (χ1v) is 11.2. The molecular weight excluding hydrogens is 368 g/mol. The average molecular weight is 407 g/mol. The van der Waals surface area contributed by atoms with Gasteiger partial charge in [0.1, 0.15) is 18.4 Å². The van der Waals surface area contributed by atoms with Gasteiger partial charge in [-0.3, -0.25) is 4.79 Å². The molecule has 1 heterocycles. The van der Waals surface area contributed by atoms with Crippen molar-refractivity contribution in [2.45, 2.75) is 103 Å². The van der Waals surface area contributed by atoms with Crippen molar-refractivity contribution < 1.29 is 14.3 Å². The van der Waals surface area contributed by atoms with E-state index < -0.39 is 5.54 Å². The number of aromatic nitrogens is 3. The molecular formula is C22H38N4O3. The third kappa shape index (κ3) is 5.79. The topological polar surface area (TPSA) is 78.3 Å². The summed E-state index contributed by atoms with van der Waals surface area (Å²) in [6.07, 6.45) is 7.23. The van der Waals surface area contributed by atoms with E-state index in [4.69, 9.17) is 9.47 Å². The molecule has 2 aliphatic rings. The third-order valence-electron chi connectivity index (χ3n) is 6.24. The number of hydrogen-bond acceptors (Lipinski definition) is 5. The van der Waals surface area contributed by atoms with Gasteiger partial charge in [-0.05, 0) is 58.8 Å². The summed E-state index contributed by atoms with van der Waals surface area (Å²) in [4.78, 5) is 12.5. The molecule has 1 saturated carbocycles. The Balaban J connectivity index is 1.54. The Kier molecular flexibility index (Phi) is 6.99. The number of aryl methyl sites for hydroxylation is 1. The van der Waals surface area contributed by atoms with E-state index in [9.17, 15) is 4.79 Å². The summed E-state index contributed by atoms with van der Waals surface area (Å²) >= 11 is 0. The number of rotatable bonds is 9. The van der Waals surface area contributed by atoms with Gasteiger partial charge in [0.05, 0.1) is 23.4 Å². The number of nitrogens with zero attached hydrogens (tertiary/aromatic N) is 3. The Morgan fingerprint density at radius 1 is 1.34 bits per heavy atom. The van der Waals surface area contributed by atoms with Crippen molar-refractivity contribution in [1.82, 2.24) is 20.3 Å². The molecule has 0 bridgehead atoms. The van der Waals surface area contributed by atoms with E-state index in [-0.39, 0.29) is 24.2 Å². The summed E-state index contributed by atoms with van der Waals surface area (Å²) in [5, 5.41) is 11.8. The Morgan fingerprint density at radius 2 is 2.10 bits per heavy atom. The molecule has 7 nitrogen and oxygen atoms in total. The van der Waals surface area contributed by atoms with E-state index in [1.807, 2.05) is 18.5 Å². The minimum absolute atomic E-state index is 0.0296. The van der Waals surface area contributed by atoms with Crippen LogP contribution in [0.2, 0.25) is 0 Å². The molecule has 3 unspecified atom stereocenters. The van der Waals surface area contributed by atoms with E-state index in [0.717, 1.165) is 50.8 Å². The summed E-state index contributed by atoms with van der Waals surface area (Å²) in [6.45, 7) is 11.9.